The van der Waals surface area contributed by atoms with Gasteiger partial charge in [0.05, 0.1) is 0 Å². The average molecular weight is 241 g/mol. The molecule has 0 unspecified atom stereocenters. The van der Waals surface area contributed by atoms with E-state index >= 15 is 0 Å². The van der Waals surface area contributed by atoms with Crippen molar-refractivity contribution >= 4 is 0 Å². The van der Waals surface area contributed by atoms with Crippen molar-refractivity contribution in [3.63, 3.8) is 0 Å². The van der Waals surface area contributed by atoms with E-state index in [-0.39, 0.29) is 0 Å². The average Bonchev–Trinajstić information content (AvgIpc) is 2.46. The van der Waals surface area contributed by atoms with Gasteiger partial charge in [0.15, 0.2) is 0 Å². The number of benzene rings is 2. The maximum absolute atomic E-state index is 5.26. The van der Waals surface area contributed by atoms with E-state index in [0.717, 1.165) is 30.6 Å². The summed E-state index contributed by atoms with van der Waals surface area (Å²) in [7, 11) is 0. The summed E-state index contributed by atoms with van der Waals surface area (Å²) in [5, 5.41) is 0. The molecule has 0 fully saturated rings. The summed E-state index contributed by atoms with van der Waals surface area (Å²) < 4.78 is 0. The maximum Gasteiger partial charge on any atom is 0.150 e. The fourth-order valence-corrected chi connectivity index (χ4v) is 2.05. The van der Waals surface area contributed by atoms with E-state index in [1.807, 2.05) is 18.2 Å². The molecule has 18 heavy (non-hydrogen) atoms. The van der Waals surface area contributed by atoms with E-state index in [1.54, 1.807) is 0 Å². The number of hydrogen-bond acceptors (Lipinski definition) is 2. The van der Waals surface area contributed by atoms with Crippen LogP contribution in [0.4, 0.5) is 0 Å². The molecule has 0 aliphatic rings. The lowest BCUT2D eigenvalue weighted by atomic mass is 10.0. The molecule has 2 aromatic carbocycles. The van der Waals surface area contributed by atoms with Crippen LogP contribution in [0, 0.1) is 0 Å². The van der Waals surface area contributed by atoms with Gasteiger partial charge in [-0.3, -0.25) is 0 Å². The second kappa shape index (κ2) is 6.22. The predicted octanol–water partition coefficient (Wildman–Crippen LogP) is 3.29. The molecule has 2 rings (SSSR count). The van der Waals surface area contributed by atoms with Gasteiger partial charge >= 0.3 is 0 Å². The van der Waals surface area contributed by atoms with E-state index in [1.165, 1.54) is 11.1 Å². The third-order valence-electron chi connectivity index (χ3n) is 3.21. The van der Waals surface area contributed by atoms with Crippen molar-refractivity contribution in [3.05, 3.63) is 65.2 Å². The third kappa shape index (κ3) is 3.11. The molecule has 0 amide bonds. The zero-order valence-electron chi connectivity index (χ0n) is 10.7. The Morgan fingerprint density at radius 3 is 2.22 bits per heavy atom. The minimum absolute atomic E-state index is 0.766. The molecular formula is C16H19NO. The van der Waals surface area contributed by atoms with Gasteiger partial charge in [0.2, 0.25) is 0 Å². The first-order valence-corrected chi connectivity index (χ1v) is 6.36. The summed E-state index contributed by atoms with van der Waals surface area (Å²) in [5.41, 5.74) is 3.88. The summed E-state index contributed by atoms with van der Waals surface area (Å²) in [5.74, 6) is 6.02. The number of rotatable bonds is 5. The van der Waals surface area contributed by atoms with Crippen LogP contribution in [-0.4, -0.2) is 0 Å². The van der Waals surface area contributed by atoms with Crippen LogP contribution < -0.4 is 10.7 Å². The molecule has 0 heterocycles. The Hall–Kier alpha value is -1.80. The van der Waals surface area contributed by atoms with Gasteiger partial charge in [-0.1, -0.05) is 49.4 Å². The molecular weight excluding hydrogens is 222 g/mol. The van der Waals surface area contributed by atoms with E-state index in [2.05, 4.69) is 37.3 Å². The Kier molecular flexibility index (Phi) is 4.37. The molecule has 0 aromatic heterocycles. The van der Waals surface area contributed by atoms with Crippen molar-refractivity contribution in [2.75, 3.05) is 0 Å². The van der Waals surface area contributed by atoms with Crippen molar-refractivity contribution in [1.29, 1.82) is 0 Å². The summed E-state index contributed by atoms with van der Waals surface area (Å²) in [6, 6.07) is 16.7. The zero-order valence-corrected chi connectivity index (χ0v) is 10.7. The smallest absolute Gasteiger partial charge is 0.150 e. The lowest BCUT2D eigenvalue weighted by molar-refractivity contribution is 0.330. The molecule has 2 aromatic rings. The Morgan fingerprint density at radius 1 is 0.889 bits per heavy atom. The largest absolute Gasteiger partial charge is 0.411 e. The monoisotopic (exact) mass is 241 g/mol. The quantitative estimate of drug-likeness (QED) is 0.815. The number of aryl methyl sites for hydroxylation is 3. The Morgan fingerprint density at radius 2 is 1.56 bits per heavy atom. The molecule has 2 N–H and O–H groups in total. The number of hydrogen-bond donors (Lipinski definition) is 1. The minimum Gasteiger partial charge on any atom is -0.411 e. The van der Waals surface area contributed by atoms with Crippen molar-refractivity contribution in [3.8, 4) is 5.75 Å². The van der Waals surface area contributed by atoms with Crippen LogP contribution in [0.25, 0.3) is 0 Å². The predicted molar refractivity (Wildman–Crippen MR) is 74.5 cm³/mol. The summed E-state index contributed by atoms with van der Waals surface area (Å²) >= 11 is 0. The Balaban J connectivity index is 2.02. The van der Waals surface area contributed by atoms with Crippen LogP contribution in [0.15, 0.2) is 48.5 Å². The summed E-state index contributed by atoms with van der Waals surface area (Å²) in [4.78, 5) is 4.87. The highest BCUT2D eigenvalue weighted by Crippen LogP contribution is 2.19. The fourth-order valence-electron chi connectivity index (χ4n) is 2.05. The first-order chi connectivity index (χ1) is 8.83. The number of nitrogens with two attached hydrogens (primary N) is 1. The molecule has 2 nitrogen and oxygen atoms in total. The lowest BCUT2D eigenvalue weighted by Crippen LogP contribution is -2.05. The van der Waals surface area contributed by atoms with Gasteiger partial charge in [-0.2, -0.15) is 5.90 Å². The maximum atomic E-state index is 5.26. The van der Waals surface area contributed by atoms with Crippen molar-refractivity contribution in [2.24, 2.45) is 5.90 Å². The lowest BCUT2D eigenvalue weighted by Gasteiger charge is -2.07. The summed E-state index contributed by atoms with van der Waals surface area (Å²) in [6.07, 6.45) is 3.04. The highest BCUT2D eigenvalue weighted by molar-refractivity contribution is 5.34. The van der Waals surface area contributed by atoms with Gasteiger partial charge < -0.3 is 4.84 Å². The Bertz CT molecular complexity index is 491. The third-order valence-corrected chi connectivity index (χ3v) is 3.21. The van der Waals surface area contributed by atoms with E-state index < -0.39 is 0 Å². The van der Waals surface area contributed by atoms with Gasteiger partial charge in [0, 0.05) is 0 Å². The van der Waals surface area contributed by atoms with Gasteiger partial charge in [-0.15, -0.1) is 0 Å². The van der Waals surface area contributed by atoms with Gasteiger partial charge in [-0.05, 0) is 42.0 Å². The first kappa shape index (κ1) is 12.7. The van der Waals surface area contributed by atoms with Gasteiger partial charge in [-0.25, -0.2) is 0 Å². The van der Waals surface area contributed by atoms with Gasteiger partial charge in [0.25, 0.3) is 0 Å². The van der Waals surface area contributed by atoms with Crippen LogP contribution in [0.1, 0.15) is 23.6 Å². The number of para-hydroxylation sites is 1. The second-order valence-electron chi connectivity index (χ2n) is 4.40. The van der Waals surface area contributed by atoms with Crippen LogP contribution in [-0.2, 0) is 19.3 Å². The van der Waals surface area contributed by atoms with Crippen molar-refractivity contribution in [2.45, 2.75) is 26.2 Å². The molecule has 0 saturated heterocycles. The highest BCUT2D eigenvalue weighted by Gasteiger charge is 2.02. The molecule has 0 atom stereocenters. The van der Waals surface area contributed by atoms with E-state index in [9.17, 15) is 0 Å². The van der Waals surface area contributed by atoms with E-state index in [0.29, 0.717) is 0 Å². The van der Waals surface area contributed by atoms with Gasteiger partial charge in [0.1, 0.15) is 5.75 Å². The fraction of sp³-hybridized carbons (Fsp3) is 0.250. The SMILES string of the molecule is CCc1ccc(CCc2ccccc2ON)cc1. The zero-order chi connectivity index (χ0) is 12.8. The summed E-state index contributed by atoms with van der Waals surface area (Å²) in [6.45, 7) is 2.17. The van der Waals surface area contributed by atoms with Crippen LogP contribution >= 0.6 is 0 Å². The molecule has 0 radical (unpaired) electrons. The molecule has 0 aliphatic carbocycles. The molecule has 2 heteroatoms. The topological polar surface area (TPSA) is 35.2 Å². The Labute approximate surface area is 108 Å². The standard InChI is InChI=1S/C16H19NO/c1-2-13-7-9-14(10-8-13)11-12-15-5-3-4-6-16(15)18-17/h3-10H,2,11-12,17H2,1H3. The van der Waals surface area contributed by atoms with Crippen LogP contribution in [0.2, 0.25) is 0 Å². The normalized spacial score (nSPS) is 10.3. The first-order valence-electron chi connectivity index (χ1n) is 6.36. The molecule has 0 aliphatic heterocycles. The molecule has 0 spiro atoms. The molecule has 94 valence electrons. The van der Waals surface area contributed by atoms with Crippen molar-refractivity contribution in [1.82, 2.24) is 0 Å². The highest BCUT2D eigenvalue weighted by atomic mass is 16.6. The minimum atomic E-state index is 0.766. The van der Waals surface area contributed by atoms with E-state index in [4.69, 9.17) is 10.7 Å². The van der Waals surface area contributed by atoms with Crippen LogP contribution in [0.5, 0.6) is 5.75 Å². The van der Waals surface area contributed by atoms with Crippen LogP contribution in [0.3, 0.4) is 0 Å². The molecule has 0 saturated carbocycles. The molecule has 0 bridgehead atoms. The van der Waals surface area contributed by atoms with Crippen molar-refractivity contribution < 1.29 is 4.84 Å². The second-order valence-corrected chi connectivity index (χ2v) is 4.40.